The van der Waals surface area contributed by atoms with Crippen LogP contribution in [0.2, 0.25) is 0 Å². The smallest absolute Gasteiger partial charge is 0.0302 e. The van der Waals surface area contributed by atoms with Gasteiger partial charge < -0.3 is 5.32 Å². The normalized spacial score (nSPS) is 14.1. The molecule has 1 N–H and O–H groups in total. The van der Waals surface area contributed by atoms with Gasteiger partial charge in [0.05, 0.1) is 0 Å². The van der Waals surface area contributed by atoms with Gasteiger partial charge in [-0.3, -0.25) is 4.98 Å². The van der Waals surface area contributed by atoms with Gasteiger partial charge >= 0.3 is 0 Å². The lowest BCUT2D eigenvalue weighted by atomic mass is 9.94. The highest BCUT2D eigenvalue weighted by Gasteiger charge is 2.15. The van der Waals surface area contributed by atoms with E-state index in [0.29, 0.717) is 12.1 Å². The van der Waals surface area contributed by atoms with Crippen molar-refractivity contribution < 1.29 is 0 Å². The molecule has 2 heteroatoms. The Balaban J connectivity index is 2.19. The Morgan fingerprint density at radius 1 is 0.900 bits per heavy atom. The fraction of sp³-hybridized carbons (Fsp3) is 0.389. The minimum atomic E-state index is 0.313. The van der Waals surface area contributed by atoms with E-state index in [2.05, 4.69) is 69.2 Å². The standard InChI is InChI=1S/C18H24N2/c1-12-10-13(2)18(14(3)11-12)16(5)20-15(4)17-6-8-19-9-7-17/h6-11,15-16,20H,1-5H3. The summed E-state index contributed by atoms with van der Waals surface area (Å²) < 4.78 is 0. The lowest BCUT2D eigenvalue weighted by Crippen LogP contribution is -2.23. The summed E-state index contributed by atoms with van der Waals surface area (Å²) in [7, 11) is 0. The molecule has 0 amide bonds. The van der Waals surface area contributed by atoms with Crippen molar-refractivity contribution >= 4 is 0 Å². The lowest BCUT2D eigenvalue weighted by molar-refractivity contribution is 0.491. The third kappa shape index (κ3) is 3.26. The summed E-state index contributed by atoms with van der Waals surface area (Å²) in [5, 5.41) is 3.69. The zero-order valence-corrected chi connectivity index (χ0v) is 13.1. The Bertz CT molecular complexity index is 552. The van der Waals surface area contributed by atoms with Crippen molar-refractivity contribution in [1.29, 1.82) is 0 Å². The molecule has 0 saturated carbocycles. The first kappa shape index (κ1) is 14.7. The van der Waals surface area contributed by atoms with Gasteiger partial charge in [0, 0.05) is 24.5 Å². The largest absolute Gasteiger partial charge is 0.304 e. The molecule has 1 aromatic carbocycles. The van der Waals surface area contributed by atoms with Crippen molar-refractivity contribution in [3.05, 3.63) is 64.5 Å². The summed E-state index contributed by atoms with van der Waals surface area (Å²) in [6.07, 6.45) is 3.70. The van der Waals surface area contributed by atoms with E-state index in [0.717, 1.165) is 0 Å². The maximum atomic E-state index is 4.08. The highest BCUT2D eigenvalue weighted by Crippen LogP contribution is 2.25. The predicted octanol–water partition coefficient (Wildman–Crippen LogP) is 4.42. The molecule has 0 fully saturated rings. The van der Waals surface area contributed by atoms with Crippen LogP contribution in [0.5, 0.6) is 0 Å². The van der Waals surface area contributed by atoms with Crippen LogP contribution in [0.4, 0.5) is 0 Å². The molecule has 2 unspecified atom stereocenters. The van der Waals surface area contributed by atoms with E-state index in [9.17, 15) is 0 Å². The quantitative estimate of drug-likeness (QED) is 0.888. The van der Waals surface area contributed by atoms with E-state index in [4.69, 9.17) is 0 Å². The highest BCUT2D eigenvalue weighted by molar-refractivity contribution is 5.39. The van der Waals surface area contributed by atoms with Gasteiger partial charge in [-0.25, -0.2) is 0 Å². The topological polar surface area (TPSA) is 24.9 Å². The van der Waals surface area contributed by atoms with Crippen LogP contribution >= 0.6 is 0 Å². The zero-order valence-electron chi connectivity index (χ0n) is 13.1. The summed E-state index contributed by atoms with van der Waals surface area (Å²) in [6.45, 7) is 11.0. The molecule has 106 valence electrons. The van der Waals surface area contributed by atoms with E-state index < -0.39 is 0 Å². The van der Waals surface area contributed by atoms with Crippen molar-refractivity contribution in [3.8, 4) is 0 Å². The molecule has 1 aromatic heterocycles. The van der Waals surface area contributed by atoms with Gasteiger partial charge in [-0.2, -0.15) is 0 Å². The van der Waals surface area contributed by atoms with Crippen LogP contribution < -0.4 is 5.32 Å². The first-order valence-corrected chi connectivity index (χ1v) is 7.22. The summed E-state index contributed by atoms with van der Waals surface area (Å²) in [5.41, 5.74) is 6.75. The molecule has 2 rings (SSSR count). The van der Waals surface area contributed by atoms with E-state index in [1.54, 1.807) is 0 Å². The number of hydrogen-bond donors (Lipinski definition) is 1. The molecule has 0 aliphatic rings. The van der Waals surface area contributed by atoms with Gasteiger partial charge in [-0.15, -0.1) is 0 Å². The van der Waals surface area contributed by atoms with E-state index in [-0.39, 0.29) is 0 Å². The van der Waals surface area contributed by atoms with Crippen LogP contribution in [-0.4, -0.2) is 4.98 Å². The number of nitrogens with zero attached hydrogens (tertiary/aromatic N) is 1. The van der Waals surface area contributed by atoms with Gasteiger partial charge in [-0.05, 0) is 69.0 Å². The monoisotopic (exact) mass is 268 g/mol. The molecule has 0 aliphatic heterocycles. The second-order valence-electron chi connectivity index (χ2n) is 5.70. The van der Waals surface area contributed by atoms with Crippen LogP contribution in [0.15, 0.2) is 36.7 Å². The van der Waals surface area contributed by atoms with Crippen molar-refractivity contribution in [2.75, 3.05) is 0 Å². The van der Waals surface area contributed by atoms with Gasteiger partial charge in [0.1, 0.15) is 0 Å². The number of pyridine rings is 1. The Kier molecular flexibility index (Phi) is 4.56. The summed E-state index contributed by atoms with van der Waals surface area (Å²) in [4.78, 5) is 4.08. The average molecular weight is 268 g/mol. The Morgan fingerprint density at radius 2 is 1.45 bits per heavy atom. The molecular formula is C18H24N2. The average Bonchev–Trinajstić information content (AvgIpc) is 2.38. The van der Waals surface area contributed by atoms with Crippen molar-refractivity contribution in [1.82, 2.24) is 10.3 Å². The molecule has 0 radical (unpaired) electrons. The lowest BCUT2D eigenvalue weighted by Gasteiger charge is -2.24. The summed E-state index contributed by atoms with van der Waals surface area (Å²) >= 11 is 0. The van der Waals surface area contributed by atoms with Gasteiger partial charge in [0.25, 0.3) is 0 Å². The van der Waals surface area contributed by atoms with Crippen LogP contribution in [0.25, 0.3) is 0 Å². The maximum absolute atomic E-state index is 4.08. The number of aryl methyl sites for hydroxylation is 3. The minimum absolute atomic E-state index is 0.313. The number of hydrogen-bond acceptors (Lipinski definition) is 2. The molecule has 1 heterocycles. The van der Waals surface area contributed by atoms with Crippen molar-refractivity contribution in [2.45, 2.75) is 46.7 Å². The summed E-state index contributed by atoms with van der Waals surface area (Å²) in [5.74, 6) is 0. The predicted molar refractivity (Wildman–Crippen MR) is 84.9 cm³/mol. The third-order valence-corrected chi connectivity index (χ3v) is 3.88. The van der Waals surface area contributed by atoms with Crippen LogP contribution in [0, 0.1) is 20.8 Å². The number of nitrogens with one attached hydrogen (secondary N) is 1. The number of rotatable bonds is 4. The molecule has 0 aliphatic carbocycles. The SMILES string of the molecule is Cc1cc(C)c(C(C)NC(C)c2ccncc2)c(C)c1. The molecule has 20 heavy (non-hydrogen) atoms. The third-order valence-electron chi connectivity index (χ3n) is 3.88. The number of aromatic nitrogens is 1. The molecule has 2 aromatic rings. The van der Waals surface area contributed by atoms with Gasteiger partial charge in [0.2, 0.25) is 0 Å². The first-order valence-electron chi connectivity index (χ1n) is 7.22. The minimum Gasteiger partial charge on any atom is -0.304 e. The highest BCUT2D eigenvalue weighted by atomic mass is 14.9. The van der Waals surface area contributed by atoms with Crippen LogP contribution in [0.3, 0.4) is 0 Å². The molecule has 0 bridgehead atoms. The molecular weight excluding hydrogens is 244 g/mol. The Hall–Kier alpha value is -1.67. The van der Waals surface area contributed by atoms with Crippen molar-refractivity contribution in [3.63, 3.8) is 0 Å². The fourth-order valence-electron chi connectivity index (χ4n) is 3.08. The van der Waals surface area contributed by atoms with Gasteiger partial charge in [-0.1, -0.05) is 17.7 Å². The molecule has 0 spiro atoms. The molecule has 2 nitrogen and oxygen atoms in total. The van der Waals surface area contributed by atoms with Crippen LogP contribution in [0.1, 0.15) is 53.7 Å². The van der Waals surface area contributed by atoms with Gasteiger partial charge in [0.15, 0.2) is 0 Å². The first-order chi connectivity index (χ1) is 9.49. The van der Waals surface area contributed by atoms with Crippen LogP contribution in [-0.2, 0) is 0 Å². The summed E-state index contributed by atoms with van der Waals surface area (Å²) in [6, 6.07) is 9.31. The van der Waals surface area contributed by atoms with Crippen molar-refractivity contribution in [2.24, 2.45) is 0 Å². The molecule has 2 atom stereocenters. The Morgan fingerprint density at radius 3 is 2.00 bits per heavy atom. The maximum Gasteiger partial charge on any atom is 0.0302 e. The number of benzene rings is 1. The second-order valence-corrected chi connectivity index (χ2v) is 5.70. The van der Waals surface area contributed by atoms with E-state index in [1.807, 2.05) is 12.4 Å². The van der Waals surface area contributed by atoms with E-state index in [1.165, 1.54) is 27.8 Å². The molecule has 0 saturated heterocycles. The zero-order chi connectivity index (χ0) is 14.7. The Labute approximate surface area is 122 Å². The second kappa shape index (κ2) is 6.19. The van der Waals surface area contributed by atoms with E-state index >= 15 is 0 Å². The fourth-order valence-corrected chi connectivity index (χ4v) is 3.08.